The van der Waals surface area contributed by atoms with Crippen LogP contribution in [0.5, 0.6) is 0 Å². The zero-order chi connectivity index (χ0) is 39.0. The molecule has 280 valence electrons. The molecule has 1 unspecified atom stereocenters. The Balaban J connectivity index is 1.29. The number of aryl methyl sites for hydroxylation is 1. The van der Waals surface area contributed by atoms with Crippen molar-refractivity contribution in [1.29, 1.82) is 0 Å². The van der Waals surface area contributed by atoms with Crippen LogP contribution in [0.2, 0.25) is 0 Å². The summed E-state index contributed by atoms with van der Waals surface area (Å²) in [6, 6.07) is 18.0. The highest BCUT2D eigenvalue weighted by Gasteiger charge is 2.31. The normalized spacial score (nSPS) is 11.8. The van der Waals surface area contributed by atoms with Crippen LogP contribution in [0.15, 0.2) is 85.1 Å². The molecule has 0 saturated carbocycles. The summed E-state index contributed by atoms with van der Waals surface area (Å²) in [7, 11) is 0. The van der Waals surface area contributed by atoms with E-state index < -0.39 is 35.4 Å². The molecular formula is C40H39F4N7O3. The number of nitrogens with one attached hydrogen (secondary N) is 4. The molecule has 0 spiro atoms. The number of hydrogen-bond acceptors (Lipinski definition) is 7. The van der Waals surface area contributed by atoms with Crippen molar-refractivity contribution >= 4 is 51.3 Å². The fraction of sp³-hybridized carbons (Fsp3) is 0.225. The van der Waals surface area contributed by atoms with E-state index >= 15 is 0 Å². The fourth-order valence-electron chi connectivity index (χ4n) is 5.50. The summed E-state index contributed by atoms with van der Waals surface area (Å²) in [5, 5.41) is 22.5. The maximum Gasteiger partial charge on any atom is 0.416 e. The van der Waals surface area contributed by atoms with E-state index in [9.17, 15) is 32.3 Å². The number of nitrogens with zero attached hydrogens (tertiary/aromatic N) is 2. The molecule has 0 aliphatic carbocycles. The fourth-order valence-corrected chi connectivity index (χ4v) is 5.50. The van der Waals surface area contributed by atoms with Crippen LogP contribution in [-0.2, 0) is 6.18 Å². The lowest BCUT2D eigenvalue weighted by Crippen LogP contribution is -2.40. The summed E-state index contributed by atoms with van der Waals surface area (Å²) in [5.41, 5.74) is 8.49. The Morgan fingerprint density at radius 1 is 0.907 bits per heavy atom. The lowest BCUT2D eigenvalue weighted by atomic mass is 10.0. The minimum Gasteiger partial charge on any atom is -0.390 e. The number of rotatable bonds is 11. The van der Waals surface area contributed by atoms with Gasteiger partial charge in [-0.3, -0.25) is 4.79 Å². The number of alkyl halides is 3. The standard InChI is InChI=1S/C40H39F4N7O3/c1-4-51(5-2)23-31(52)22-47-38(53)26-10-7-25(8-11-26)9-16-32-33-19-29(15-12-27(33)21-46-37(32)45)48-35-20-30(14-6-24(35)3)49-39(54)50-36-18-28(40(42,43)44)13-17-34(36)41/h6-8,10-15,17-21,31,48,52H,4-5,22-23H2,1-3H3,(H2,45,46)(H,47,53)(H2,49,50,54). The first kappa shape index (κ1) is 39.0. The van der Waals surface area contributed by atoms with Crippen molar-refractivity contribution in [2.24, 2.45) is 0 Å². The number of urea groups is 1. The summed E-state index contributed by atoms with van der Waals surface area (Å²) >= 11 is 0. The molecule has 4 aromatic carbocycles. The number of pyridine rings is 1. The molecule has 1 aromatic heterocycles. The lowest BCUT2D eigenvalue weighted by Gasteiger charge is -2.22. The van der Waals surface area contributed by atoms with E-state index in [2.05, 4.69) is 43.0 Å². The Labute approximate surface area is 309 Å². The molecule has 1 heterocycles. The lowest BCUT2D eigenvalue weighted by molar-refractivity contribution is -0.137. The van der Waals surface area contributed by atoms with Gasteiger partial charge in [0.05, 0.1) is 22.9 Å². The van der Waals surface area contributed by atoms with Gasteiger partial charge in [0.15, 0.2) is 0 Å². The number of hydrogen-bond donors (Lipinski definition) is 6. The summed E-state index contributed by atoms with van der Waals surface area (Å²) < 4.78 is 53.5. The molecule has 5 rings (SSSR count). The van der Waals surface area contributed by atoms with Crippen LogP contribution in [-0.4, -0.2) is 59.2 Å². The molecule has 0 fully saturated rings. The molecule has 0 aliphatic heterocycles. The van der Waals surface area contributed by atoms with Gasteiger partial charge in [-0.15, -0.1) is 0 Å². The van der Waals surface area contributed by atoms with Crippen molar-refractivity contribution in [2.75, 3.05) is 47.9 Å². The summed E-state index contributed by atoms with van der Waals surface area (Å²) in [6.45, 7) is 8.09. The SMILES string of the molecule is CCN(CC)CC(O)CNC(=O)c1ccc(C#Cc2c(N)ncc3ccc(Nc4cc(NC(=O)Nc5cc(C(F)(F)F)ccc5F)ccc4C)cc23)cc1. The molecular weight excluding hydrogens is 702 g/mol. The van der Waals surface area contributed by atoms with Crippen molar-refractivity contribution in [1.82, 2.24) is 15.2 Å². The number of aliphatic hydroxyl groups is 1. The second-order valence-electron chi connectivity index (χ2n) is 12.4. The van der Waals surface area contributed by atoms with E-state index in [1.807, 2.05) is 39.0 Å². The summed E-state index contributed by atoms with van der Waals surface area (Å²) in [6.07, 6.45) is -3.76. The number of carbonyl (C=O) groups excluding carboxylic acids is 2. The highest BCUT2D eigenvalue weighted by molar-refractivity contribution is 6.00. The van der Waals surface area contributed by atoms with Gasteiger partial charge in [0.2, 0.25) is 0 Å². The minimum atomic E-state index is -4.71. The molecule has 0 radical (unpaired) electrons. The first-order chi connectivity index (χ1) is 25.7. The Morgan fingerprint density at radius 2 is 1.63 bits per heavy atom. The molecule has 0 saturated heterocycles. The molecule has 1 atom stereocenters. The Hall–Kier alpha value is -6.17. The van der Waals surface area contributed by atoms with Crippen LogP contribution in [0.4, 0.5) is 50.9 Å². The van der Waals surface area contributed by atoms with Crippen LogP contribution in [0.1, 0.15) is 46.5 Å². The quantitative estimate of drug-likeness (QED) is 0.0608. The van der Waals surface area contributed by atoms with E-state index in [-0.39, 0.29) is 18.3 Å². The van der Waals surface area contributed by atoms with Gasteiger partial charge in [-0.1, -0.05) is 37.8 Å². The van der Waals surface area contributed by atoms with E-state index in [4.69, 9.17) is 5.73 Å². The highest BCUT2D eigenvalue weighted by atomic mass is 19.4. The number of nitrogens with two attached hydrogens (primary N) is 1. The third-order valence-corrected chi connectivity index (χ3v) is 8.58. The molecule has 7 N–H and O–H groups in total. The number of aromatic nitrogens is 1. The minimum absolute atomic E-state index is 0.134. The van der Waals surface area contributed by atoms with Crippen LogP contribution >= 0.6 is 0 Å². The molecule has 10 nitrogen and oxygen atoms in total. The van der Waals surface area contributed by atoms with Crippen molar-refractivity contribution in [3.63, 3.8) is 0 Å². The second-order valence-corrected chi connectivity index (χ2v) is 12.4. The number of fused-ring (bicyclic) bond motifs is 1. The van der Waals surface area contributed by atoms with E-state index in [0.717, 1.165) is 24.0 Å². The molecule has 3 amide bonds. The van der Waals surface area contributed by atoms with Gasteiger partial charge in [-0.05, 0) is 92.3 Å². The average Bonchev–Trinajstić information content (AvgIpc) is 3.14. The largest absolute Gasteiger partial charge is 0.416 e. The van der Waals surface area contributed by atoms with Crippen molar-refractivity contribution in [2.45, 2.75) is 33.1 Å². The number of anilines is 5. The van der Waals surface area contributed by atoms with Crippen LogP contribution in [0.3, 0.4) is 0 Å². The Bertz CT molecular complexity index is 2210. The third kappa shape index (κ3) is 10.0. The zero-order valence-electron chi connectivity index (χ0n) is 29.7. The van der Waals surface area contributed by atoms with Crippen LogP contribution < -0.4 is 27.0 Å². The Morgan fingerprint density at radius 3 is 2.33 bits per heavy atom. The number of nitrogen functional groups attached to an aromatic ring is 1. The smallest absolute Gasteiger partial charge is 0.390 e. The van der Waals surface area contributed by atoms with Crippen molar-refractivity contribution < 1.29 is 32.3 Å². The number of carbonyl (C=O) groups is 2. The number of halogens is 4. The average molecular weight is 742 g/mol. The van der Waals surface area contributed by atoms with Gasteiger partial charge in [0.1, 0.15) is 11.6 Å². The maximum atomic E-state index is 14.2. The van der Waals surface area contributed by atoms with Gasteiger partial charge in [0, 0.05) is 58.2 Å². The monoisotopic (exact) mass is 741 g/mol. The summed E-state index contributed by atoms with van der Waals surface area (Å²) in [5.74, 6) is 5.10. The highest BCUT2D eigenvalue weighted by Crippen LogP contribution is 2.32. The third-order valence-electron chi connectivity index (χ3n) is 8.58. The van der Waals surface area contributed by atoms with Crippen molar-refractivity contribution in [3.05, 3.63) is 119 Å². The predicted octanol–water partition coefficient (Wildman–Crippen LogP) is 7.50. The van der Waals surface area contributed by atoms with Gasteiger partial charge >= 0.3 is 12.2 Å². The predicted molar refractivity (Wildman–Crippen MR) is 203 cm³/mol. The van der Waals surface area contributed by atoms with E-state index in [1.165, 1.54) is 0 Å². The topological polar surface area (TPSA) is 145 Å². The van der Waals surface area contributed by atoms with Gasteiger partial charge in [-0.25, -0.2) is 14.2 Å². The molecule has 0 aliphatic rings. The molecule has 0 bridgehead atoms. The van der Waals surface area contributed by atoms with Gasteiger partial charge in [0.25, 0.3) is 5.91 Å². The number of benzene rings is 4. The van der Waals surface area contributed by atoms with E-state index in [1.54, 1.807) is 48.7 Å². The zero-order valence-corrected chi connectivity index (χ0v) is 29.7. The number of likely N-dealkylation sites (N-methyl/N-ethyl adjacent to an activating group) is 1. The number of aliphatic hydroxyl groups excluding tert-OH is 1. The van der Waals surface area contributed by atoms with E-state index in [0.29, 0.717) is 63.9 Å². The first-order valence-electron chi connectivity index (χ1n) is 17.0. The van der Waals surface area contributed by atoms with Crippen molar-refractivity contribution in [3.8, 4) is 11.8 Å². The summed E-state index contributed by atoms with van der Waals surface area (Å²) in [4.78, 5) is 31.6. The Kier molecular flexibility index (Phi) is 12.4. The van der Waals surface area contributed by atoms with Crippen LogP contribution in [0, 0.1) is 24.6 Å². The van der Waals surface area contributed by atoms with Crippen LogP contribution in [0.25, 0.3) is 10.8 Å². The first-order valence-corrected chi connectivity index (χ1v) is 17.0. The van der Waals surface area contributed by atoms with Gasteiger partial charge in [-0.2, -0.15) is 13.2 Å². The van der Waals surface area contributed by atoms with Gasteiger partial charge < -0.3 is 37.0 Å². The molecule has 54 heavy (non-hydrogen) atoms. The molecule has 5 aromatic rings. The number of amides is 3. The maximum absolute atomic E-state index is 14.2. The second kappa shape index (κ2) is 17.1. The molecule has 14 heteroatoms.